The van der Waals surface area contributed by atoms with E-state index in [2.05, 4.69) is 40.5 Å². The Kier molecular flexibility index (Phi) is 8.77. The predicted octanol–water partition coefficient (Wildman–Crippen LogP) is 3.81. The van der Waals surface area contributed by atoms with Crippen LogP contribution in [0.4, 0.5) is 0 Å². The van der Waals surface area contributed by atoms with Crippen LogP contribution in [0, 0.1) is 5.92 Å². The quantitative estimate of drug-likeness (QED) is 0.386. The molecule has 0 amide bonds. The standard InChI is InChI=1S/C19H28N4OS2/c1-5-15-11-21-18(26-15)12-23-19(20-3)22-10-14(2)13-25-17-9-7-6-8-16(17)24-4/h6-9,11,14H,5,10,12-13H2,1-4H3,(H2,20,22,23). The lowest BCUT2D eigenvalue weighted by atomic mass is 10.2. The first kappa shape index (κ1) is 20.6. The van der Waals surface area contributed by atoms with Crippen LogP contribution in [-0.2, 0) is 13.0 Å². The molecule has 0 fully saturated rings. The van der Waals surface area contributed by atoms with E-state index in [9.17, 15) is 0 Å². The van der Waals surface area contributed by atoms with Crippen molar-refractivity contribution in [3.63, 3.8) is 0 Å². The molecular weight excluding hydrogens is 364 g/mol. The van der Waals surface area contributed by atoms with Crippen LogP contribution in [0.5, 0.6) is 5.75 Å². The molecule has 142 valence electrons. The summed E-state index contributed by atoms with van der Waals surface area (Å²) in [6.45, 7) is 5.95. The zero-order chi connectivity index (χ0) is 18.8. The summed E-state index contributed by atoms with van der Waals surface area (Å²) in [7, 11) is 3.51. The molecule has 1 unspecified atom stereocenters. The topological polar surface area (TPSA) is 58.5 Å². The number of para-hydroxylation sites is 1. The van der Waals surface area contributed by atoms with Crippen molar-refractivity contribution in [1.29, 1.82) is 0 Å². The first-order valence-electron chi connectivity index (χ1n) is 8.80. The number of aryl methyl sites for hydroxylation is 1. The molecule has 0 bridgehead atoms. The van der Waals surface area contributed by atoms with E-state index in [4.69, 9.17) is 4.74 Å². The number of hydrogen-bond donors (Lipinski definition) is 2. The van der Waals surface area contributed by atoms with Gasteiger partial charge in [0, 0.05) is 35.3 Å². The smallest absolute Gasteiger partial charge is 0.191 e. The van der Waals surface area contributed by atoms with Crippen molar-refractivity contribution in [2.24, 2.45) is 10.9 Å². The lowest BCUT2D eigenvalue weighted by Crippen LogP contribution is -2.39. The van der Waals surface area contributed by atoms with Gasteiger partial charge in [0.25, 0.3) is 0 Å². The van der Waals surface area contributed by atoms with Gasteiger partial charge in [-0.3, -0.25) is 4.99 Å². The van der Waals surface area contributed by atoms with Crippen LogP contribution in [0.15, 0.2) is 40.4 Å². The molecule has 0 aliphatic heterocycles. The van der Waals surface area contributed by atoms with E-state index in [1.165, 1.54) is 9.77 Å². The van der Waals surface area contributed by atoms with Gasteiger partial charge in [-0.25, -0.2) is 4.98 Å². The van der Waals surface area contributed by atoms with Gasteiger partial charge in [-0.2, -0.15) is 0 Å². The molecule has 1 heterocycles. The van der Waals surface area contributed by atoms with Gasteiger partial charge in [0.2, 0.25) is 0 Å². The van der Waals surface area contributed by atoms with Gasteiger partial charge in [0.15, 0.2) is 5.96 Å². The van der Waals surface area contributed by atoms with Crippen LogP contribution < -0.4 is 15.4 Å². The van der Waals surface area contributed by atoms with Gasteiger partial charge in [-0.15, -0.1) is 23.1 Å². The Morgan fingerprint density at radius 1 is 1.35 bits per heavy atom. The number of benzene rings is 1. The molecule has 0 radical (unpaired) electrons. The van der Waals surface area contributed by atoms with Crippen LogP contribution in [-0.4, -0.2) is 37.4 Å². The molecule has 1 aromatic heterocycles. The van der Waals surface area contributed by atoms with E-state index in [-0.39, 0.29) is 0 Å². The van der Waals surface area contributed by atoms with Crippen molar-refractivity contribution in [2.45, 2.75) is 31.7 Å². The number of guanidine groups is 1. The highest BCUT2D eigenvalue weighted by atomic mass is 32.2. The summed E-state index contributed by atoms with van der Waals surface area (Å²) < 4.78 is 5.41. The molecule has 1 aromatic carbocycles. The SMILES string of the molecule is CCc1cnc(CNC(=NC)NCC(C)CSc2ccccc2OC)s1. The molecule has 1 atom stereocenters. The number of nitrogens with one attached hydrogen (secondary N) is 2. The molecule has 2 rings (SSSR count). The van der Waals surface area contributed by atoms with Gasteiger partial charge < -0.3 is 15.4 Å². The summed E-state index contributed by atoms with van der Waals surface area (Å²) in [6.07, 6.45) is 2.99. The molecule has 0 saturated heterocycles. The van der Waals surface area contributed by atoms with Crippen LogP contribution in [0.3, 0.4) is 0 Å². The van der Waals surface area contributed by atoms with Crippen molar-refractivity contribution in [3.05, 3.63) is 40.3 Å². The van der Waals surface area contributed by atoms with Crippen LogP contribution in [0.2, 0.25) is 0 Å². The minimum absolute atomic E-state index is 0.495. The third kappa shape index (κ3) is 6.53. The van der Waals surface area contributed by atoms with Crippen molar-refractivity contribution >= 4 is 29.1 Å². The molecular formula is C19H28N4OS2. The Balaban J connectivity index is 1.73. The lowest BCUT2D eigenvalue weighted by Gasteiger charge is -2.16. The van der Waals surface area contributed by atoms with Crippen LogP contribution in [0.1, 0.15) is 23.7 Å². The second kappa shape index (κ2) is 11.1. The first-order valence-corrected chi connectivity index (χ1v) is 10.6. The number of aromatic nitrogens is 1. The molecule has 7 heteroatoms. The maximum Gasteiger partial charge on any atom is 0.191 e. The van der Waals surface area contributed by atoms with Gasteiger partial charge >= 0.3 is 0 Å². The van der Waals surface area contributed by atoms with E-state index in [0.717, 1.165) is 35.4 Å². The maximum absolute atomic E-state index is 5.41. The Morgan fingerprint density at radius 2 is 2.15 bits per heavy atom. The predicted molar refractivity (Wildman–Crippen MR) is 113 cm³/mol. The van der Waals surface area contributed by atoms with Gasteiger partial charge in [0.05, 0.1) is 13.7 Å². The van der Waals surface area contributed by atoms with E-state index in [0.29, 0.717) is 12.5 Å². The molecule has 26 heavy (non-hydrogen) atoms. The van der Waals surface area contributed by atoms with E-state index >= 15 is 0 Å². The second-order valence-electron chi connectivity index (χ2n) is 5.95. The molecule has 0 aliphatic rings. The number of aliphatic imine (C=N–C) groups is 1. The number of thioether (sulfide) groups is 1. The average Bonchev–Trinajstić information content (AvgIpc) is 3.14. The van der Waals surface area contributed by atoms with Crippen molar-refractivity contribution in [1.82, 2.24) is 15.6 Å². The lowest BCUT2D eigenvalue weighted by molar-refractivity contribution is 0.405. The van der Waals surface area contributed by atoms with Gasteiger partial charge in [-0.05, 0) is 24.5 Å². The summed E-state index contributed by atoms with van der Waals surface area (Å²) in [4.78, 5) is 11.2. The van der Waals surface area contributed by atoms with Crippen molar-refractivity contribution < 1.29 is 4.74 Å². The minimum atomic E-state index is 0.495. The third-order valence-electron chi connectivity index (χ3n) is 3.79. The fraction of sp³-hybridized carbons (Fsp3) is 0.474. The van der Waals surface area contributed by atoms with Gasteiger partial charge in [0.1, 0.15) is 10.8 Å². The van der Waals surface area contributed by atoms with Crippen LogP contribution in [0.25, 0.3) is 0 Å². The number of methoxy groups -OCH3 is 1. The van der Waals surface area contributed by atoms with Crippen LogP contribution >= 0.6 is 23.1 Å². The monoisotopic (exact) mass is 392 g/mol. The number of nitrogens with zero attached hydrogens (tertiary/aromatic N) is 2. The number of thiazole rings is 1. The Labute approximate surface area is 164 Å². The average molecular weight is 393 g/mol. The van der Waals surface area contributed by atoms with E-state index in [1.54, 1.807) is 25.5 Å². The number of rotatable bonds is 9. The molecule has 0 spiro atoms. The largest absolute Gasteiger partial charge is 0.496 e. The molecule has 2 N–H and O–H groups in total. The summed E-state index contributed by atoms with van der Waals surface area (Å²) in [6, 6.07) is 8.14. The summed E-state index contributed by atoms with van der Waals surface area (Å²) >= 11 is 3.57. The third-order valence-corrected chi connectivity index (χ3v) is 6.32. The molecule has 0 saturated carbocycles. The normalized spacial score (nSPS) is 12.7. The second-order valence-corrected chi connectivity index (χ2v) is 8.21. The molecule has 5 nitrogen and oxygen atoms in total. The Morgan fingerprint density at radius 3 is 2.85 bits per heavy atom. The minimum Gasteiger partial charge on any atom is -0.496 e. The number of hydrogen-bond acceptors (Lipinski definition) is 5. The highest BCUT2D eigenvalue weighted by molar-refractivity contribution is 7.99. The zero-order valence-electron chi connectivity index (χ0n) is 15.9. The maximum atomic E-state index is 5.41. The summed E-state index contributed by atoms with van der Waals surface area (Å²) in [5.41, 5.74) is 0. The fourth-order valence-electron chi connectivity index (χ4n) is 2.27. The zero-order valence-corrected chi connectivity index (χ0v) is 17.5. The Hall–Kier alpha value is -1.73. The number of ether oxygens (including phenoxy) is 1. The fourth-order valence-corrected chi connectivity index (χ4v) is 4.13. The molecule has 2 aromatic rings. The molecule has 0 aliphatic carbocycles. The summed E-state index contributed by atoms with van der Waals surface area (Å²) in [5.74, 6) is 3.25. The van der Waals surface area contributed by atoms with Gasteiger partial charge in [-0.1, -0.05) is 26.0 Å². The van der Waals surface area contributed by atoms with E-state index in [1.807, 2.05) is 36.2 Å². The van der Waals surface area contributed by atoms with Crippen molar-refractivity contribution in [3.8, 4) is 5.75 Å². The summed E-state index contributed by atoms with van der Waals surface area (Å²) in [5, 5.41) is 7.81. The Bertz CT molecular complexity index is 702. The van der Waals surface area contributed by atoms with E-state index < -0.39 is 0 Å². The highest BCUT2D eigenvalue weighted by Crippen LogP contribution is 2.29. The first-order chi connectivity index (χ1) is 12.7. The highest BCUT2D eigenvalue weighted by Gasteiger charge is 2.08. The van der Waals surface area contributed by atoms with Crippen molar-refractivity contribution in [2.75, 3.05) is 26.5 Å².